The van der Waals surface area contributed by atoms with Crippen LogP contribution in [0.25, 0.3) is 98.0 Å². The molecule has 0 N–H and O–H groups in total. The minimum absolute atomic E-state index is 0.959. The summed E-state index contributed by atoms with van der Waals surface area (Å²) in [6.45, 7) is 0. The van der Waals surface area contributed by atoms with E-state index in [1.54, 1.807) is 0 Å². The molecule has 5 heterocycles. The highest BCUT2D eigenvalue weighted by atomic mass is 15.2. The van der Waals surface area contributed by atoms with Crippen LogP contribution in [0.5, 0.6) is 0 Å². The maximum Gasteiger partial charge on any atom is 0.146 e. The first-order valence-corrected chi connectivity index (χ1v) is 22.6. The first-order chi connectivity index (χ1) is 32.8. The number of aromatic nitrogens is 3. The first-order valence-electron chi connectivity index (χ1n) is 22.6. The van der Waals surface area contributed by atoms with E-state index >= 15 is 0 Å². The van der Waals surface area contributed by atoms with Gasteiger partial charge in [0.25, 0.3) is 0 Å². The zero-order valence-corrected chi connectivity index (χ0v) is 35.6. The van der Waals surface area contributed by atoms with Crippen molar-refractivity contribution in [3.8, 4) is 0 Å². The van der Waals surface area contributed by atoms with E-state index in [-0.39, 0.29) is 0 Å². The van der Waals surface area contributed by atoms with Gasteiger partial charge in [-0.25, -0.2) is 4.98 Å². The molecule has 0 bridgehead atoms. The van der Waals surface area contributed by atoms with Gasteiger partial charge in [-0.1, -0.05) is 152 Å². The van der Waals surface area contributed by atoms with Gasteiger partial charge in [0.05, 0.1) is 44.5 Å². The molecular weight excluding hydrogens is 803 g/mol. The molecule has 10 aromatic carbocycles. The summed E-state index contributed by atoms with van der Waals surface area (Å²) in [6.07, 6.45) is 0. The quantitative estimate of drug-likeness (QED) is 0.167. The number of rotatable bonds is 6. The maximum atomic E-state index is 5.93. The fourth-order valence-corrected chi connectivity index (χ4v) is 11.4. The van der Waals surface area contributed by atoms with Crippen LogP contribution in [0, 0.1) is 0 Å². The van der Waals surface area contributed by atoms with Crippen molar-refractivity contribution in [1.82, 2.24) is 13.8 Å². The molecule has 0 radical (unpaired) electrons. The molecular formula is C61H37N5. The molecule has 306 valence electrons. The van der Waals surface area contributed by atoms with Gasteiger partial charge in [0, 0.05) is 65.8 Å². The molecule has 0 unspecified atom stereocenters. The number of hydrogen-bond donors (Lipinski definition) is 0. The van der Waals surface area contributed by atoms with Gasteiger partial charge in [-0.2, -0.15) is 0 Å². The van der Waals surface area contributed by atoms with Gasteiger partial charge in [0.2, 0.25) is 0 Å². The van der Waals surface area contributed by atoms with E-state index in [0.717, 1.165) is 67.1 Å². The molecule has 0 saturated carbocycles. The molecule has 5 heteroatoms. The number of pyridine rings is 1. The Morgan fingerprint density at radius 3 is 1.44 bits per heavy atom. The Balaban J connectivity index is 1.14. The second-order valence-electron chi connectivity index (χ2n) is 17.5. The second-order valence-corrected chi connectivity index (χ2v) is 17.5. The number of benzene rings is 10. The number of hydrogen-bond acceptors (Lipinski definition) is 3. The van der Waals surface area contributed by atoms with Crippen LogP contribution < -0.4 is 9.80 Å². The summed E-state index contributed by atoms with van der Waals surface area (Å²) in [6, 6.07) is 81.6. The number of para-hydroxylation sites is 6. The van der Waals surface area contributed by atoms with Crippen molar-refractivity contribution in [1.29, 1.82) is 0 Å². The summed E-state index contributed by atoms with van der Waals surface area (Å²) in [5, 5.41) is 13.2. The Labute approximate surface area is 378 Å². The van der Waals surface area contributed by atoms with Crippen molar-refractivity contribution in [2.24, 2.45) is 0 Å². The Morgan fingerprint density at radius 2 is 0.803 bits per heavy atom. The van der Waals surface area contributed by atoms with Gasteiger partial charge >= 0.3 is 0 Å². The number of fused-ring (bicyclic) bond motifs is 15. The molecule has 15 rings (SSSR count). The first kappa shape index (κ1) is 35.5. The predicted octanol–water partition coefficient (Wildman–Crippen LogP) is 16.6. The van der Waals surface area contributed by atoms with Crippen molar-refractivity contribution in [3.05, 3.63) is 224 Å². The molecule has 0 atom stereocenters. The molecule has 0 fully saturated rings. The second kappa shape index (κ2) is 13.3. The largest absolute Gasteiger partial charge is 0.308 e. The molecule has 5 aromatic heterocycles. The van der Waals surface area contributed by atoms with E-state index in [1.165, 1.54) is 65.0 Å². The Morgan fingerprint density at radius 1 is 0.318 bits per heavy atom. The third kappa shape index (κ3) is 4.70. The fraction of sp³-hybridized carbons (Fsp3) is 0. The van der Waals surface area contributed by atoms with Crippen LogP contribution >= 0.6 is 0 Å². The third-order valence-electron chi connectivity index (χ3n) is 14.0. The highest BCUT2D eigenvalue weighted by molar-refractivity contribution is 6.35. The van der Waals surface area contributed by atoms with Crippen molar-refractivity contribution < 1.29 is 0 Å². The lowest BCUT2D eigenvalue weighted by molar-refractivity contribution is 1.25. The van der Waals surface area contributed by atoms with Gasteiger partial charge < -0.3 is 14.2 Å². The molecule has 0 aliphatic rings. The summed E-state index contributed by atoms with van der Waals surface area (Å²) in [7, 11) is 0. The average Bonchev–Trinajstić information content (AvgIpc) is 4.10. The monoisotopic (exact) mass is 839 g/mol. The van der Waals surface area contributed by atoms with E-state index in [1.807, 2.05) is 0 Å². The molecule has 0 amide bonds. The van der Waals surface area contributed by atoms with Crippen LogP contribution in [0.3, 0.4) is 0 Å². The molecule has 15 aromatic rings. The van der Waals surface area contributed by atoms with E-state index < -0.39 is 0 Å². The van der Waals surface area contributed by atoms with Gasteiger partial charge in [-0.3, -0.25) is 4.40 Å². The normalized spacial score (nSPS) is 12.2. The smallest absolute Gasteiger partial charge is 0.146 e. The summed E-state index contributed by atoms with van der Waals surface area (Å²) < 4.78 is 5.01. The maximum absolute atomic E-state index is 5.93. The number of nitrogens with zero attached hydrogens (tertiary/aromatic N) is 5. The van der Waals surface area contributed by atoms with Gasteiger partial charge in [-0.15, -0.1) is 0 Å². The molecule has 0 aliphatic heterocycles. The van der Waals surface area contributed by atoms with Crippen molar-refractivity contribution in [3.63, 3.8) is 0 Å². The average molecular weight is 840 g/mol. The molecule has 0 spiro atoms. The van der Waals surface area contributed by atoms with Gasteiger partial charge in [0.15, 0.2) is 0 Å². The lowest BCUT2D eigenvalue weighted by Crippen LogP contribution is -2.11. The van der Waals surface area contributed by atoms with Crippen LogP contribution in [0.4, 0.5) is 34.1 Å². The van der Waals surface area contributed by atoms with Gasteiger partial charge in [-0.05, 0) is 89.0 Å². The minimum atomic E-state index is 0.959. The van der Waals surface area contributed by atoms with Crippen LogP contribution in [0.15, 0.2) is 224 Å². The molecule has 5 nitrogen and oxygen atoms in total. The van der Waals surface area contributed by atoms with E-state index in [0.29, 0.717) is 0 Å². The SMILES string of the molecule is c1ccc(N(c2ccccc2)c2c3ccccc3cc3c4c5ccccc5cc5c6nc7c(cc6n(c23)c54)c2cccc3c4cccc(N(c5ccccc5)c5ccccc5)c4n7c23)cc1. The summed E-state index contributed by atoms with van der Waals surface area (Å²) in [5.41, 5.74) is 14.4. The topological polar surface area (TPSA) is 28.2 Å². The van der Waals surface area contributed by atoms with Crippen LogP contribution in [0.2, 0.25) is 0 Å². The van der Waals surface area contributed by atoms with E-state index in [2.05, 4.69) is 243 Å². The van der Waals surface area contributed by atoms with Crippen molar-refractivity contribution in [2.45, 2.75) is 0 Å². The Bertz CT molecular complexity index is 4310. The zero-order chi connectivity index (χ0) is 43.0. The lowest BCUT2D eigenvalue weighted by atomic mass is 9.98. The lowest BCUT2D eigenvalue weighted by Gasteiger charge is -2.28. The fourth-order valence-electron chi connectivity index (χ4n) is 11.4. The Hall–Kier alpha value is -8.93. The number of anilines is 6. The van der Waals surface area contributed by atoms with E-state index in [9.17, 15) is 0 Å². The van der Waals surface area contributed by atoms with Gasteiger partial charge in [0.1, 0.15) is 5.65 Å². The highest BCUT2D eigenvalue weighted by Gasteiger charge is 2.29. The molecule has 0 aliphatic carbocycles. The summed E-state index contributed by atoms with van der Waals surface area (Å²) in [4.78, 5) is 10.8. The molecule has 0 saturated heterocycles. The molecule has 66 heavy (non-hydrogen) atoms. The standard InChI is InChI=1S/C61H37N5/c1-5-21-40(22-6-1)63(41-23-7-2-8-24-41)52-34-18-33-47-46-31-17-32-48-49-37-53-55(62-61(49)66(56(46)48)57(47)52)51-36-38-19-13-15-29-44(38)54-50-35-39-20-14-16-30-45(39)59(60(50)65(53)58(51)54)64(42-25-9-3-10-26-42)43-27-11-4-12-28-43/h1-37H. The third-order valence-corrected chi connectivity index (χ3v) is 14.0. The van der Waals surface area contributed by atoms with Crippen LogP contribution in [-0.4, -0.2) is 13.8 Å². The van der Waals surface area contributed by atoms with Crippen molar-refractivity contribution >= 4 is 132 Å². The van der Waals surface area contributed by atoms with E-state index in [4.69, 9.17) is 4.98 Å². The minimum Gasteiger partial charge on any atom is -0.308 e. The van der Waals surface area contributed by atoms with Crippen molar-refractivity contribution in [2.75, 3.05) is 9.80 Å². The predicted molar refractivity (Wildman–Crippen MR) is 278 cm³/mol. The zero-order valence-electron chi connectivity index (χ0n) is 35.6. The van der Waals surface area contributed by atoms with Crippen LogP contribution in [0.1, 0.15) is 0 Å². The Kier molecular flexibility index (Phi) is 7.16. The van der Waals surface area contributed by atoms with Crippen LogP contribution in [-0.2, 0) is 0 Å². The summed E-state index contributed by atoms with van der Waals surface area (Å²) >= 11 is 0. The summed E-state index contributed by atoms with van der Waals surface area (Å²) in [5.74, 6) is 0. The highest BCUT2D eigenvalue weighted by Crippen LogP contribution is 2.52.